The molecule has 0 aromatic heterocycles. The number of halogens is 1. The number of carbonyl (C=O) groups excluding carboxylic acids is 2. The molecule has 0 atom stereocenters. The van der Waals surface area contributed by atoms with Gasteiger partial charge in [-0.3, -0.25) is 9.59 Å². The first-order chi connectivity index (χ1) is 12.6. The first-order valence-corrected chi connectivity index (χ1v) is 9.87. The summed E-state index contributed by atoms with van der Waals surface area (Å²) >= 11 is 0. The van der Waals surface area contributed by atoms with Crippen LogP contribution in [-0.2, 0) is 16.1 Å². The standard InChI is InChI=1S/C21H31FN2O2/c1-3-14-23(15-4-2)20(25)10-7-11-21(26)24(18-12-13-18)16-17-8-5-6-9-19(17)22/h5-6,8-9,18H,3-4,7,10-16H2,1-2H3. The normalized spacial score (nSPS) is 13.5. The van der Waals surface area contributed by atoms with Gasteiger partial charge in [-0.05, 0) is 38.2 Å². The molecule has 1 saturated carbocycles. The van der Waals surface area contributed by atoms with Crippen molar-refractivity contribution in [2.75, 3.05) is 13.1 Å². The van der Waals surface area contributed by atoms with E-state index in [2.05, 4.69) is 13.8 Å². The van der Waals surface area contributed by atoms with Gasteiger partial charge in [-0.1, -0.05) is 32.0 Å². The topological polar surface area (TPSA) is 40.6 Å². The second-order valence-electron chi connectivity index (χ2n) is 7.08. The van der Waals surface area contributed by atoms with Gasteiger partial charge in [0.2, 0.25) is 11.8 Å². The minimum Gasteiger partial charge on any atom is -0.343 e. The highest BCUT2D eigenvalue weighted by Crippen LogP contribution is 2.29. The predicted octanol–water partition coefficient (Wildman–Crippen LogP) is 4.14. The SMILES string of the molecule is CCCN(CCC)C(=O)CCCC(=O)N(Cc1ccccc1F)C1CC1. The molecule has 0 radical (unpaired) electrons. The molecule has 0 N–H and O–H groups in total. The lowest BCUT2D eigenvalue weighted by Crippen LogP contribution is -2.34. The Hall–Kier alpha value is -1.91. The summed E-state index contributed by atoms with van der Waals surface area (Å²) in [6, 6.07) is 6.85. The number of benzene rings is 1. The maximum Gasteiger partial charge on any atom is 0.223 e. The average Bonchev–Trinajstić information content (AvgIpc) is 3.45. The third-order valence-corrected chi connectivity index (χ3v) is 4.73. The fraction of sp³-hybridized carbons (Fsp3) is 0.619. The van der Waals surface area contributed by atoms with Crippen molar-refractivity contribution in [3.05, 3.63) is 35.6 Å². The van der Waals surface area contributed by atoms with Gasteiger partial charge in [-0.2, -0.15) is 0 Å². The third kappa shape index (κ3) is 6.11. The molecule has 1 aromatic rings. The molecule has 0 spiro atoms. The molecule has 1 aliphatic carbocycles. The Kier molecular flexibility index (Phi) is 8.07. The van der Waals surface area contributed by atoms with Crippen molar-refractivity contribution in [3.8, 4) is 0 Å². The van der Waals surface area contributed by atoms with Gasteiger partial charge in [-0.15, -0.1) is 0 Å². The minimum absolute atomic E-state index is 0.0288. The zero-order chi connectivity index (χ0) is 18.9. The van der Waals surface area contributed by atoms with Gasteiger partial charge in [0.15, 0.2) is 0 Å². The van der Waals surface area contributed by atoms with Crippen LogP contribution in [0.1, 0.15) is 64.4 Å². The van der Waals surface area contributed by atoms with Gasteiger partial charge in [0.25, 0.3) is 0 Å². The Balaban J connectivity index is 1.84. The summed E-state index contributed by atoms with van der Waals surface area (Å²) in [7, 11) is 0. The molecule has 0 aliphatic heterocycles. The van der Waals surface area contributed by atoms with E-state index in [1.807, 2.05) is 4.90 Å². The molecule has 2 amide bonds. The summed E-state index contributed by atoms with van der Waals surface area (Å²) in [5.74, 6) is -0.106. The Morgan fingerprint density at radius 2 is 1.65 bits per heavy atom. The zero-order valence-corrected chi connectivity index (χ0v) is 16.0. The molecule has 5 heteroatoms. The van der Waals surface area contributed by atoms with Gasteiger partial charge in [0.1, 0.15) is 5.82 Å². The van der Waals surface area contributed by atoms with Crippen LogP contribution in [0, 0.1) is 5.82 Å². The fourth-order valence-corrected chi connectivity index (χ4v) is 3.21. The largest absolute Gasteiger partial charge is 0.343 e. The highest BCUT2D eigenvalue weighted by Gasteiger charge is 2.32. The lowest BCUT2D eigenvalue weighted by Gasteiger charge is -2.24. The van der Waals surface area contributed by atoms with Crippen LogP contribution >= 0.6 is 0 Å². The smallest absolute Gasteiger partial charge is 0.223 e. The zero-order valence-electron chi connectivity index (χ0n) is 16.0. The van der Waals surface area contributed by atoms with E-state index >= 15 is 0 Å². The monoisotopic (exact) mass is 362 g/mol. The number of rotatable bonds is 11. The van der Waals surface area contributed by atoms with E-state index in [0.29, 0.717) is 31.4 Å². The van der Waals surface area contributed by atoms with Crippen LogP contribution in [0.4, 0.5) is 4.39 Å². The molecule has 1 aromatic carbocycles. The molecular formula is C21H31FN2O2. The first kappa shape index (κ1) is 20.4. The van der Waals surface area contributed by atoms with Crippen molar-refractivity contribution in [2.24, 2.45) is 0 Å². The highest BCUT2D eigenvalue weighted by molar-refractivity contribution is 5.79. The number of amides is 2. The van der Waals surface area contributed by atoms with Crippen molar-refractivity contribution in [1.29, 1.82) is 0 Å². The summed E-state index contributed by atoms with van der Waals surface area (Å²) in [4.78, 5) is 28.6. The van der Waals surface area contributed by atoms with Gasteiger partial charge >= 0.3 is 0 Å². The van der Waals surface area contributed by atoms with E-state index < -0.39 is 0 Å². The van der Waals surface area contributed by atoms with Gasteiger partial charge in [0, 0.05) is 44.1 Å². The second-order valence-corrected chi connectivity index (χ2v) is 7.08. The molecule has 0 saturated heterocycles. The summed E-state index contributed by atoms with van der Waals surface area (Å²) in [5, 5.41) is 0. The molecule has 1 fully saturated rings. The molecule has 0 heterocycles. The summed E-state index contributed by atoms with van der Waals surface area (Å²) in [6.45, 7) is 6.01. The van der Waals surface area contributed by atoms with E-state index in [4.69, 9.17) is 0 Å². The van der Waals surface area contributed by atoms with Crippen LogP contribution in [0.15, 0.2) is 24.3 Å². The Labute approximate surface area is 156 Å². The number of carbonyl (C=O) groups is 2. The molecule has 0 unspecified atom stereocenters. The molecule has 2 rings (SSSR count). The van der Waals surface area contributed by atoms with Gasteiger partial charge in [-0.25, -0.2) is 4.39 Å². The van der Waals surface area contributed by atoms with Crippen molar-refractivity contribution >= 4 is 11.8 Å². The average molecular weight is 362 g/mol. The lowest BCUT2D eigenvalue weighted by atomic mass is 10.1. The first-order valence-electron chi connectivity index (χ1n) is 9.87. The van der Waals surface area contributed by atoms with E-state index in [0.717, 1.165) is 38.8 Å². The minimum atomic E-state index is -0.268. The van der Waals surface area contributed by atoms with Crippen LogP contribution in [0.25, 0.3) is 0 Å². The van der Waals surface area contributed by atoms with Crippen molar-refractivity contribution in [2.45, 2.75) is 71.4 Å². The molecule has 1 aliphatic rings. The third-order valence-electron chi connectivity index (χ3n) is 4.73. The van der Waals surface area contributed by atoms with Crippen LogP contribution in [0.3, 0.4) is 0 Å². The van der Waals surface area contributed by atoms with Crippen LogP contribution in [-0.4, -0.2) is 40.7 Å². The summed E-state index contributed by atoms with van der Waals surface area (Å²) < 4.78 is 13.9. The maximum absolute atomic E-state index is 13.9. The molecule has 26 heavy (non-hydrogen) atoms. The van der Waals surface area contributed by atoms with Gasteiger partial charge < -0.3 is 9.80 Å². The Bertz CT molecular complexity index is 595. The van der Waals surface area contributed by atoms with Crippen LogP contribution in [0.2, 0.25) is 0 Å². The predicted molar refractivity (Wildman–Crippen MR) is 101 cm³/mol. The summed E-state index contributed by atoms with van der Waals surface area (Å²) in [6.07, 6.45) is 5.18. The number of hydrogen-bond acceptors (Lipinski definition) is 2. The fourth-order valence-electron chi connectivity index (χ4n) is 3.21. The molecule has 4 nitrogen and oxygen atoms in total. The highest BCUT2D eigenvalue weighted by atomic mass is 19.1. The van der Waals surface area contributed by atoms with Crippen LogP contribution in [0.5, 0.6) is 0 Å². The molecular weight excluding hydrogens is 331 g/mol. The lowest BCUT2D eigenvalue weighted by molar-refractivity contribution is -0.133. The van der Waals surface area contributed by atoms with E-state index in [1.165, 1.54) is 6.07 Å². The summed E-state index contributed by atoms with van der Waals surface area (Å²) in [5.41, 5.74) is 0.556. The maximum atomic E-state index is 13.9. The van der Waals surface area contributed by atoms with Crippen molar-refractivity contribution in [1.82, 2.24) is 9.80 Å². The van der Waals surface area contributed by atoms with E-state index in [1.54, 1.807) is 23.1 Å². The molecule has 144 valence electrons. The van der Waals surface area contributed by atoms with E-state index in [9.17, 15) is 14.0 Å². The van der Waals surface area contributed by atoms with Crippen molar-refractivity contribution < 1.29 is 14.0 Å². The quantitative estimate of drug-likeness (QED) is 0.594. The molecule has 0 bridgehead atoms. The second kappa shape index (κ2) is 10.3. The Morgan fingerprint density at radius 1 is 1.04 bits per heavy atom. The number of nitrogens with zero attached hydrogens (tertiary/aromatic N) is 2. The van der Waals surface area contributed by atoms with E-state index in [-0.39, 0.29) is 23.7 Å². The Morgan fingerprint density at radius 3 is 2.23 bits per heavy atom. The van der Waals surface area contributed by atoms with Gasteiger partial charge in [0.05, 0.1) is 0 Å². The van der Waals surface area contributed by atoms with Crippen molar-refractivity contribution in [3.63, 3.8) is 0 Å². The van der Waals surface area contributed by atoms with Crippen LogP contribution < -0.4 is 0 Å². The number of hydrogen-bond donors (Lipinski definition) is 0.